The van der Waals surface area contributed by atoms with Crippen LogP contribution >= 0.6 is 0 Å². The molecule has 1 aromatic rings. The lowest BCUT2D eigenvalue weighted by atomic mass is 9.47. The van der Waals surface area contributed by atoms with Crippen molar-refractivity contribution in [2.24, 2.45) is 33.7 Å². The Morgan fingerprint density at radius 2 is 1.85 bits per heavy atom. The average molecular weight is 535 g/mol. The number of methoxy groups -OCH3 is 1. The van der Waals surface area contributed by atoms with Crippen LogP contribution in [-0.2, 0) is 25.6 Å². The van der Waals surface area contributed by atoms with Gasteiger partial charge in [-0.05, 0) is 86.3 Å². The molecule has 1 amide bonds. The van der Waals surface area contributed by atoms with Gasteiger partial charge in [0.25, 0.3) is 5.91 Å². The maximum Gasteiger partial charge on any atom is 0.328 e. The minimum absolute atomic E-state index is 0.0130. The number of hydrogen-bond donors (Lipinski definition) is 2. The fourth-order valence-corrected chi connectivity index (χ4v) is 8.09. The lowest BCUT2D eigenvalue weighted by Crippen LogP contribution is -2.53. The van der Waals surface area contributed by atoms with E-state index >= 15 is 0 Å². The van der Waals surface area contributed by atoms with E-state index in [-0.39, 0.29) is 17.4 Å². The van der Waals surface area contributed by atoms with Crippen LogP contribution in [-0.4, -0.2) is 48.1 Å². The molecule has 7 atom stereocenters. The number of nitrogens with zero attached hydrogens (tertiary/aromatic N) is 1. The summed E-state index contributed by atoms with van der Waals surface area (Å²) in [4.78, 5) is 30.2. The van der Waals surface area contributed by atoms with Crippen LogP contribution in [0.5, 0.6) is 0 Å². The first kappa shape index (κ1) is 27.6. The van der Waals surface area contributed by atoms with Gasteiger partial charge in [-0.15, -0.1) is 0 Å². The number of oxime groups is 1. The molecule has 4 aliphatic carbocycles. The second-order valence-electron chi connectivity index (χ2n) is 12.6. The van der Waals surface area contributed by atoms with Crippen LogP contribution in [0.1, 0.15) is 64.9 Å². The third kappa shape index (κ3) is 5.06. The van der Waals surface area contributed by atoms with Crippen molar-refractivity contribution in [1.82, 2.24) is 5.32 Å². The van der Waals surface area contributed by atoms with E-state index in [1.807, 2.05) is 43.3 Å². The lowest BCUT2D eigenvalue weighted by Gasteiger charge is -2.58. The molecule has 1 aromatic carbocycles. The zero-order valence-electron chi connectivity index (χ0n) is 23.6. The van der Waals surface area contributed by atoms with Gasteiger partial charge in [-0.1, -0.05) is 61.0 Å². The quantitative estimate of drug-likeness (QED) is 0.389. The maximum atomic E-state index is 12.5. The molecule has 3 saturated carbocycles. The standard InChI is InChI=1S/C32H42N2O5/c1-30-15-12-23(34-39-20-28(35)33-27(29(36)38-4)18-21-8-6-5-7-9-21)19-22(30)10-11-24-25(30)13-16-31(2)26(24)14-17-32(31,3)37/h5-9,12,15,19,24-27,37H,10-11,13-14,16-18,20H2,1-4H3,(H,33,35)/t24-,25-,26+,27+,30+,31+,32+/m1/s1. The number of carbonyl (C=O) groups is 2. The third-order valence-corrected chi connectivity index (χ3v) is 10.6. The smallest absolute Gasteiger partial charge is 0.328 e. The van der Waals surface area contributed by atoms with Crippen molar-refractivity contribution in [1.29, 1.82) is 0 Å². The molecule has 2 N–H and O–H groups in total. The van der Waals surface area contributed by atoms with Gasteiger partial charge in [-0.3, -0.25) is 4.79 Å². The third-order valence-electron chi connectivity index (χ3n) is 10.6. The summed E-state index contributed by atoms with van der Waals surface area (Å²) >= 11 is 0. The van der Waals surface area contributed by atoms with Crippen LogP contribution in [0.25, 0.3) is 0 Å². The average Bonchev–Trinajstić information content (AvgIpc) is 3.17. The number of carbonyl (C=O) groups excluding carboxylic acids is 2. The molecular formula is C32H42N2O5. The fraction of sp³-hybridized carbons (Fsp3) is 0.594. The zero-order chi connectivity index (χ0) is 27.8. The highest BCUT2D eigenvalue weighted by molar-refractivity contribution is 6.05. The minimum atomic E-state index is -0.797. The number of aliphatic hydroxyl groups is 1. The van der Waals surface area contributed by atoms with Crippen LogP contribution in [0.4, 0.5) is 0 Å². The fourth-order valence-electron chi connectivity index (χ4n) is 8.09. The Kier molecular flexibility index (Phi) is 7.49. The second-order valence-corrected chi connectivity index (χ2v) is 12.6. The van der Waals surface area contributed by atoms with Gasteiger partial charge in [-0.25, -0.2) is 4.79 Å². The van der Waals surface area contributed by atoms with E-state index in [1.165, 1.54) is 12.7 Å². The summed E-state index contributed by atoms with van der Waals surface area (Å²) in [5.41, 5.74) is 2.43. The van der Waals surface area contributed by atoms with E-state index in [4.69, 9.17) is 9.57 Å². The molecule has 5 rings (SSSR count). The van der Waals surface area contributed by atoms with Crippen molar-refractivity contribution in [2.75, 3.05) is 13.7 Å². The predicted molar refractivity (Wildman–Crippen MR) is 150 cm³/mol. The number of nitrogens with one attached hydrogen (secondary N) is 1. The Morgan fingerprint density at radius 3 is 2.59 bits per heavy atom. The molecule has 7 nitrogen and oxygen atoms in total. The molecule has 0 aromatic heterocycles. The largest absolute Gasteiger partial charge is 0.467 e. The van der Waals surface area contributed by atoms with Crippen molar-refractivity contribution < 1.29 is 24.3 Å². The zero-order valence-corrected chi connectivity index (χ0v) is 23.6. The monoisotopic (exact) mass is 534 g/mol. The molecule has 0 heterocycles. The Balaban J connectivity index is 1.20. The number of hydrogen-bond acceptors (Lipinski definition) is 6. The number of allylic oxidation sites excluding steroid dienone is 4. The summed E-state index contributed by atoms with van der Waals surface area (Å²) in [7, 11) is 1.31. The van der Waals surface area contributed by atoms with Gasteiger partial charge in [0.2, 0.25) is 0 Å². The highest BCUT2D eigenvalue weighted by Gasteiger charge is 2.61. The Labute approximate surface area is 231 Å². The molecular weight excluding hydrogens is 492 g/mol. The minimum Gasteiger partial charge on any atom is -0.467 e. The number of amides is 1. The van der Waals surface area contributed by atoms with Crippen molar-refractivity contribution in [3.63, 3.8) is 0 Å². The molecule has 39 heavy (non-hydrogen) atoms. The van der Waals surface area contributed by atoms with Gasteiger partial charge in [0.05, 0.1) is 12.7 Å². The molecule has 0 spiro atoms. The summed E-state index contributed by atoms with van der Waals surface area (Å²) < 4.78 is 4.87. The molecule has 0 bridgehead atoms. The molecule has 7 heteroatoms. The van der Waals surface area contributed by atoms with Crippen molar-refractivity contribution in [2.45, 2.75) is 77.4 Å². The summed E-state index contributed by atoms with van der Waals surface area (Å²) in [5, 5.41) is 18.1. The summed E-state index contributed by atoms with van der Waals surface area (Å²) in [6.45, 7) is 6.43. The Morgan fingerprint density at radius 1 is 1.10 bits per heavy atom. The van der Waals surface area contributed by atoms with Gasteiger partial charge in [-0.2, -0.15) is 0 Å². The summed E-state index contributed by atoms with van der Waals surface area (Å²) in [6.07, 6.45) is 13.1. The van der Waals surface area contributed by atoms with Gasteiger partial charge >= 0.3 is 5.97 Å². The van der Waals surface area contributed by atoms with Crippen molar-refractivity contribution in [3.8, 4) is 0 Å². The second kappa shape index (κ2) is 10.6. The van der Waals surface area contributed by atoms with Crippen LogP contribution < -0.4 is 5.32 Å². The van der Waals surface area contributed by atoms with E-state index in [0.29, 0.717) is 29.9 Å². The SMILES string of the molecule is COC(=O)[C@H](Cc1ccccc1)NC(=O)CON=C1C=C[C@@]2(C)C(=C1)CC[C@@H]1[C@H]2CC[C@@]2(C)[C@H]1CC[C@]2(C)O. The molecule has 3 fully saturated rings. The van der Waals surface area contributed by atoms with Crippen LogP contribution in [0.15, 0.2) is 59.3 Å². The van der Waals surface area contributed by atoms with E-state index in [2.05, 4.69) is 36.5 Å². The molecule has 0 radical (unpaired) electrons. The Bertz CT molecular complexity index is 1190. The molecule has 0 saturated heterocycles. The maximum absolute atomic E-state index is 12.5. The van der Waals surface area contributed by atoms with E-state index < -0.39 is 23.5 Å². The normalized spacial score (nSPS) is 36.7. The van der Waals surface area contributed by atoms with Gasteiger partial charge in [0.1, 0.15) is 11.8 Å². The van der Waals surface area contributed by atoms with E-state index in [9.17, 15) is 14.7 Å². The first-order chi connectivity index (χ1) is 18.6. The van der Waals surface area contributed by atoms with Gasteiger partial charge in [0.15, 0.2) is 6.61 Å². The molecule has 0 aliphatic heterocycles. The van der Waals surface area contributed by atoms with E-state index in [0.717, 1.165) is 44.1 Å². The predicted octanol–water partition coefficient (Wildman–Crippen LogP) is 4.75. The molecule has 210 valence electrons. The van der Waals surface area contributed by atoms with E-state index in [1.54, 1.807) is 0 Å². The molecule has 0 unspecified atom stereocenters. The Hall–Kier alpha value is -2.93. The van der Waals surface area contributed by atoms with Crippen molar-refractivity contribution in [3.05, 3.63) is 59.7 Å². The van der Waals surface area contributed by atoms with Crippen LogP contribution in [0.3, 0.4) is 0 Å². The van der Waals surface area contributed by atoms with Gasteiger partial charge in [0, 0.05) is 11.8 Å². The van der Waals surface area contributed by atoms with Gasteiger partial charge < -0.3 is 20.0 Å². The number of rotatable bonds is 7. The first-order valence-electron chi connectivity index (χ1n) is 14.3. The van der Waals surface area contributed by atoms with Crippen molar-refractivity contribution >= 4 is 17.6 Å². The number of ether oxygens (including phenoxy) is 1. The number of fused-ring (bicyclic) bond motifs is 5. The molecule has 4 aliphatic rings. The first-order valence-corrected chi connectivity index (χ1v) is 14.3. The van der Waals surface area contributed by atoms with Crippen LogP contribution in [0.2, 0.25) is 0 Å². The summed E-state index contributed by atoms with van der Waals surface area (Å²) in [6, 6.07) is 8.68. The summed E-state index contributed by atoms with van der Waals surface area (Å²) in [5.74, 6) is 0.833. The highest BCUT2D eigenvalue weighted by atomic mass is 16.6. The topological polar surface area (TPSA) is 97.2 Å². The number of esters is 1. The number of benzene rings is 1. The highest BCUT2D eigenvalue weighted by Crippen LogP contribution is 2.66. The lowest BCUT2D eigenvalue weighted by molar-refractivity contribution is -0.145. The van der Waals surface area contributed by atoms with Crippen LogP contribution in [0, 0.1) is 28.6 Å².